The Bertz CT molecular complexity index is 547. The summed E-state index contributed by atoms with van der Waals surface area (Å²) in [4.78, 5) is 14.0. The Morgan fingerprint density at radius 3 is 3.06 bits per heavy atom. The molecule has 96 valence electrons. The van der Waals surface area contributed by atoms with Crippen molar-refractivity contribution in [2.45, 2.75) is 19.4 Å². The monoisotopic (exact) mass is 246 g/mol. The molecule has 1 unspecified atom stereocenters. The lowest BCUT2D eigenvalue weighted by molar-refractivity contribution is 0.0793. The van der Waals surface area contributed by atoms with Crippen molar-refractivity contribution in [3.63, 3.8) is 0 Å². The van der Waals surface area contributed by atoms with Crippen molar-refractivity contribution >= 4 is 11.4 Å². The smallest absolute Gasteiger partial charge is 0.257 e. The molecule has 0 saturated heterocycles. The van der Waals surface area contributed by atoms with Crippen LogP contribution in [0.25, 0.3) is 5.52 Å². The lowest BCUT2D eigenvalue weighted by Gasteiger charge is -2.17. The van der Waals surface area contributed by atoms with E-state index in [-0.39, 0.29) is 11.9 Å². The first-order chi connectivity index (χ1) is 8.59. The molecule has 1 atom stereocenters. The molecule has 0 spiro atoms. The number of fused-ring (bicyclic) bond motifs is 1. The number of nitrogens with zero attached hydrogens (tertiary/aromatic N) is 3. The van der Waals surface area contributed by atoms with Crippen molar-refractivity contribution in [3.05, 3.63) is 36.2 Å². The Morgan fingerprint density at radius 1 is 1.56 bits per heavy atom. The van der Waals surface area contributed by atoms with Crippen molar-refractivity contribution < 1.29 is 4.79 Å². The number of pyridine rings is 1. The van der Waals surface area contributed by atoms with Gasteiger partial charge in [-0.25, -0.2) is 4.52 Å². The fourth-order valence-corrected chi connectivity index (χ4v) is 1.80. The highest BCUT2D eigenvalue weighted by atomic mass is 16.2. The van der Waals surface area contributed by atoms with E-state index in [1.165, 1.54) is 0 Å². The minimum Gasteiger partial charge on any atom is -0.342 e. The highest BCUT2D eigenvalue weighted by Gasteiger charge is 2.16. The van der Waals surface area contributed by atoms with Crippen LogP contribution in [0.15, 0.2) is 30.6 Å². The van der Waals surface area contributed by atoms with E-state index in [2.05, 4.69) is 5.10 Å². The van der Waals surface area contributed by atoms with Crippen LogP contribution in [0, 0.1) is 0 Å². The van der Waals surface area contributed by atoms with Gasteiger partial charge in [0.1, 0.15) is 0 Å². The summed E-state index contributed by atoms with van der Waals surface area (Å²) in [5.74, 6) is -0.0168. The number of hydrogen-bond acceptors (Lipinski definition) is 3. The van der Waals surface area contributed by atoms with Gasteiger partial charge in [-0.2, -0.15) is 5.10 Å². The maximum Gasteiger partial charge on any atom is 0.257 e. The van der Waals surface area contributed by atoms with Crippen molar-refractivity contribution in [2.24, 2.45) is 5.73 Å². The van der Waals surface area contributed by atoms with Crippen LogP contribution in [0.1, 0.15) is 23.7 Å². The molecule has 18 heavy (non-hydrogen) atoms. The fourth-order valence-electron chi connectivity index (χ4n) is 1.80. The van der Waals surface area contributed by atoms with Crippen LogP contribution in [0.3, 0.4) is 0 Å². The van der Waals surface area contributed by atoms with Crippen molar-refractivity contribution in [1.29, 1.82) is 0 Å². The van der Waals surface area contributed by atoms with Crippen LogP contribution in [0.4, 0.5) is 0 Å². The van der Waals surface area contributed by atoms with Gasteiger partial charge in [-0.3, -0.25) is 4.79 Å². The van der Waals surface area contributed by atoms with Gasteiger partial charge in [0.25, 0.3) is 5.91 Å². The second-order valence-corrected chi connectivity index (χ2v) is 4.58. The average Bonchev–Trinajstić information content (AvgIpc) is 2.78. The van der Waals surface area contributed by atoms with Gasteiger partial charge >= 0.3 is 0 Å². The van der Waals surface area contributed by atoms with Crippen LogP contribution in [0.5, 0.6) is 0 Å². The Hall–Kier alpha value is -1.88. The summed E-state index contributed by atoms with van der Waals surface area (Å²) in [5.41, 5.74) is 7.15. The Balaban J connectivity index is 2.18. The van der Waals surface area contributed by atoms with Crippen LogP contribution in [-0.4, -0.2) is 40.1 Å². The second kappa shape index (κ2) is 5.18. The molecule has 2 heterocycles. The highest BCUT2D eigenvalue weighted by Crippen LogP contribution is 2.12. The zero-order valence-electron chi connectivity index (χ0n) is 10.7. The van der Waals surface area contributed by atoms with Crippen molar-refractivity contribution in [2.75, 3.05) is 13.6 Å². The largest absolute Gasteiger partial charge is 0.342 e. The van der Waals surface area contributed by atoms with Crippen LogP contribution in [0.2, 0.25) is 0 Å². The first-order valence-electron chi connectivity index (χ1n) is 6.03. The Morgan fingerprint density at radius 2 is 2.33 bits per heavy atom. The summed E-state index contributed by atoms with van der Waals surface area (Å²) < 4.78 is 1.70. The molecule has 5 heteroatoms. The van der Waals surface area contributed by atoms with Crippen LogP contribution in [-0.2, 0) is 0 Å². The van der Waals surface area contributed by atoms with E-state index in [9.17, 15) is 4.79 Å². The Kier molecular flexibility index (Phi) is 3.62. The number of aromatic nitrogens is 2. The van der Waals surface area contributed by atoms with E-state index in [4.69, 9.17) is 5.73 Å². The summed E-state index contributed by atoms with van der Waals surface area (Å²) in [6.45, 7) is 2.59. The third-order valence-electron chi connectivity index (χ3n) is 2.92. The predicted octanol–water partition coefficient (Wildman–Crippen LogP) is 1.14. The molecule has 0 aliphatic rings. The molecular formula is C13H18N4O. The molecule has 2 aromatic heterocycles. The summed E-state index contributed by atoms with van der Waals surface area (Å²) in [6, 6.07) is 5.77. The molecule has 5 nitrogen and oxygen atoms in total. The predicted molar refractivity (Wildman–Crippen MR) is 70.4 cm³/mol. The summed E-state index contributed by atoms with van der Waals surface area (Å²) in [5, 5.41) is 4.16. The maximum absolute atomic E-state index is 12.3. The number of carbonyl (C=O) groups excluding carboxylic acids is 1. The SMILES string of the molecule is CC(N)CCN(C)C(=O)c1cnn2ccccc12. The molecule has 1 amide bonds. The van der Waals surface area contributed by atoms with Gasteiger partial charge in [0, 0.05) is 25.8 Å². The molecule has 0 aromatic carbocycles. The van der Waals surface area contributed by atoms with Crippen LogP contribution < -0.4 is 5.73 Å². The zero-order chi connectivity index (χ0) is 13.1. The molecule has 0 fully saturated rings. The normalized spacial score (nSPS) is 12.6. The zero-order valence-corrected chi connectivity index (χ0v) is 10.7. The number of carbonyl (C=O) groups is 1. The van der Waals surface area contributed by atoms with Crippen molar-refractivity contribution in [1.82, 2.24) is 14.5 Å². The van der Waals surface area contributed by atoms with Gasteiger partial charge in [0.15, 0.2) is 0 Å². The number of rotatable bonds is 4. The molecular weight excluding hydrogens is 228 g/mol. The fraction of sp³-hybridized carbons (Fsp3) is 0.385. The molecule has 0 aliphatic heterocycles. The third kappa shape index (κ3) is 2.51. The summed E-state index contributed by atoms with van der Waals surface area (Å²) >= 11 is 0. The number of amides is 1. The van der Waals surface area contributed by atoms with E-state index >= 15 is 0 Å². The van der Waals surface area contributed by atoms with Gasteiger partial charge in [-0.15, -0.1) is 0 Å². The molecule has 2 aromatic rings. The maximum atomic E-state index is 12.3. The highest BCUT2D eigenvalue weighted by molar-refractivity contribution is 6.00. The van der Waals surface area contributed by atoms with Crippen LogP contribution >= 0.6 is 0 Å². The molecule has 0 aliphatic carbocycles. The van der Waals surface area contributed by atoms with Gasteiger partial charge in [0.05, 0.1) is 17.3 Å². The minimum atomic E-state index is -0.0168. The first kappa shape index (κ1) is 12.6. The first-order valence-corrected chi connectivity index (χ1v) is 6.03. The third-order valence-corrected chi connectivity index (χ3v) is 2.92. The minimum absolute atomic E-state index is 0.0168. The summed E-state index contributed by atoms with van der Waals surface area (Å²) in [6.07, 6.45) is 4.23. The van der Waals surface area contributed by atoms with Gasteiger partial charge in [-0.05, 0) is 25.5 Å². The summed E-state index contributed by atoms with van der Waals surface area (Å²) in [7, 11) is 1.79. The van der Waals surface area contributed by atoms with Gasteiger partial charge < -0.3 is 10.6 Å². The van der Waals surface area contributed by atoms with Gasteiger partial charge in [-0.1, -0.05) is 6.07 Å². The molecule has 2 N–H and O–H groups in total. The number of hydrogen-bond donors (Lipinski definition) is 1. The average molecular weight is 246 g/mol. The topological polar surface area (TPSA) is 63.6 Å². The van der Waals surface area contributed by atoms with Crippen molar-refractivity contribution in [3.8, 4) is 0 Å². The quantitative estimate of drug-likeness (QED) is 0.880. The second-order valence-electron chi connectivity index (χ2n) is 4.58. The molecule has 0 bridgehead atoms. The van der Waals surface area contributed by atoms with Gasteiger partial charge in [0.2, 0.25) is 0 Å². The lowest BCUT2D eigenvalue weighted by Crippen LogP contribution is -2.31. The van der Waals surface area contributed by atoms with E-state index in [0.29, 0.717) is 12.1 Å². The van der Waals surface area contributed by atoms with E-state index in [1.807, 2.05) is 31.3 Å². The lowest BCUT2D eigenvalue weighted by atomic mass is 10.2. The number of nitrogens with two attached hydrogens (primary N) is 1. The van der Waals surface area contributed by atoms with E-state index < -0.39 is 0 Å². The Labute approximate surface area is 106 Å². The van der Waals surface area contributed by atoms with E-state index in [1.54, 1.807) is 22.7 Å². The molecule has 2 rings (SSSR count). The standard InChI is InChI=1S/C13H18N4O/c1-10(14)6-8-16(2)13(18)11-9-15-17-7-4-3-5-12(11)17/h3-5,7,9-10H,6,8,14H2,1-2H3. The van der Waals surface area contributed by atoms with E-state index in [0.717, 1.165) is 11.9 Å². The molecule has 0 radical (unpaired) electrons. The molecule has 0 saturated carbocycles.